The molecule has 2 aromatic carbocycles. The first-order chi connectivity index (χ1) is 23.8. The summed E-state index contributed by atoms with van der Waals surface area (Å²) >= 11 is 1.66. The van der Waals surface area contributed by atoms with E-state index >= 15 is 0 Å². The van der Waals surface area contributed by atoms with E-state index in [1.807, 2.05) is 71.5 Å². The highest BCUT2D eigenvalue weighted by Crippen LogP contribution is 2.41. The minimum atomic E-state index is -1.93. The number of ether oxygens (including phenoxy) is 2. The van der Waals surface area contributed by atoms with Gasteiger partial charge in [-0.3, -0.25) is 10.1 Å². The number of para-hydroxylation sites is 2. The topological polar surface area (TPSA) is 121 Å². The van der Waals surface area contributed by atoms with E-state index in [1.165, 1.54) is 4.90 Å². The molecule has 1 saturated carbocycles. The Morgan fingerprint density at radius 1 is 1.02 bits per heavy atom. The van der Waals surface area contributed by atoms with Crippen LogP contribution in [0, 0.1) is 11.8 Å². The van der Waals surface area contributed by atoms with Crippen molar-refractivity contribution >= 4 is 60.6 Å². The summed E-state index contributed by atoms with van der Waals surface area (Å²) in [6.07, 6.45) is 5.57. The molecular formula is C37H50N6O5SSi. The molecule has 0 bridgehead atoms. The van der Waals surface area contributed by atoms with Gasteiger partial charge in [-0.2, -0.15) is 9.97 Å². The van der Waals surface area contributed by atoms with Crippen LogP contribution in [-0.2, 0) is 14.0 Å². The Hall–Kier alpha value is -3.78. The van der Waals surface area contributed by atoms with Crippen molar-refractivity contribution in [2.24, 2.45) is 11.8 Å². The van der Waals surface area contributed by atoms with Gasteiger partial charge in [-0.1, -0.05) is 71.0 Å². The first-order valence-electron chi connectivity index (χ1n) is 17.2. The second-order valence-electron chi connectivity index (χ2n) is 14.6. The van der Waals surface area contributed by atoms with Crippen LogP contribution in [0.2, 0.25) is 18.1 Å². The van der Waals surface area contributed by atoms with Crippen LogP contribution >= 0.6 is 11.8 Å². The van der Waals surface area contributed by atoms with Gasteiger partial charge < -0.3 is 18.5 Å². The van der Waals surface area contributed by atoms with Crippen molar-refractivity contribution in [2.45, 2.75) is 84.2 Å². The van der Waals surface area contributed by atoms with Gasteiger partial charge in [-0.15, -0.1) is 11.8 Å². The molecule has 5 rings (SSSR count). The summed E-state index contributed by atoms with van der Waals surface area (Å²) in [6.45, 7) is 15.6. The van der Waals surface area contributed by atoms with Gasteiger partial charge in [-0.25, -0.2) is 14.7 Å². The molecule has 2 heterocycles. The lowest BCUT2D eigenvalue weighted by Crippen LogP contribution is -2.44. The van der Waals surface area contributed by atoms with Crippen molar-refractivity contribution in [1.82, 2.24) is 19.5 Å². The third-order valence-electron chi connectivity index (χ3n) is 9.70. The number of thioether (sulfide) groups is 1. The van der Waals surface area contributed by atoms with Gasteiger partial charge in [0, 0.05) is 24.5 Å². The van der Waals surface area contributed by atoms with Crippen LogP contribution in [0.1, 0.15) is 59.9 Å². The van der Waals surface area contributed by atoms with Gasteiger partial charge in [0.25, 0.3) is 5.88 Å². The molecule has 2 amide bonds. The molecule has 0 radical (unpaired) electrons. The molecule has 3 atom stereocenters. The number of nitrogens with one attached hydrogen (secondary N) is 1. The van der Waals surface area contributed by atoms with Crippen LogP contribution in [0.5, 0.6) is 5.88 Å². The third-order valence-corrected chi connectivity index (χ3v) is 14.6. The normalized spacial score (nSPS) is 18.3. The van der Waals surface area contributed by atoms with Gasteiger partial charge in [-0.05, 0) is 67.9 Å². The number of carbonyl (C=O) groups is 2. The molecule has 1 aliphatic rings. The largest absolute Gasteiger partial charge is 0.425 e. The second-order valence-corrected chi connectivity index (χ2v) is 20.2. The van der Waals surface area contributed by atoms with Crippen molar-refractivity contribution < 1.29 is 23.5 Å². The first kappa shape index (κ1) is 37.5. The Kier molecular flexibility index (Phi) is 12.0. The number of amides is 2. The predicted molar refractivity (Wildman–Crippen MR) is 203 cm³/mol. The van der Waals surface area contributed by atoms with Crippen molar-refractivity contribution in [1.29, 1.82) is 0 Å². The zero-order valence-corrected chi connectivity index (χ0v) is 32.2. The summed E-state index contributed by atoms with van der Waals surface area (Å²) in [7, 11) is -1.93. The Morgan fingerprint density at radius 2 is 1.66 bits per heavy atom. The molecule has 0 aliphatic heterocycles. The third kappa shape index (κ3) is 8.74. The van der Waals surface area contributed by atoms with Gasteiger partial charge in [0.1, 0.15) is 0 Å². The molecule has 0 saturated heterocycles. The van der Waals surface area contributed by atoms with E-state index in [0.717, 1.165) is 19.3 Å². The molecule has 13 heteroatoms. The lowest BCUT2D eigenvalue weighted by atomic mass is 9.83. The number of hydrogen-bond donors (Lipinski definition) is 1. The number of hydrogen-bond acceptors (Lipinski definition) is 9. The zero-order chi connectivity index (χ0) is 36.1. The number of rotatable bonds is 12. The van der Waals surface area contributed by atoms with Crippen molar-refractivity contribution in [3.8, 4) is 5.88 Å². The molecule has 1 fully saturated rings. The van der Waals surface area contributed by atoms with E-state index in [9.17, 15) is 9.59 Å². The number of aromatic nitrogens is 4. The highest BCUT2D eigenvalue weighted by atomic mass is 32.2. The van der Waals surface area contributed by atoms with Gasteiger partial charge in [0.2, 0.25) is 11.9 Å². The fourth-order valence-corrected chi connectivity index (χ4v) is 7.06. The second kappa shape index (κ2) is 16.0. The van der Waals surface area contributed by atoms with Gasteiger partial charge in [0.05, 0.1) is 29.7 Å². The summed E-state index contributed by atoms with van der Waals surface area (Å²) in [4.78, 5) is 42.2. The highest BCUT2D eigenvalue weighted by Gasteiger charge is 2.40. The predicted octanol–water partition coefficient (Wildman–Crippen LogP) is 8.83. The fourth-order valence-electron chi connectivity index (χ4n) is 5.69. The SMILES string of the molecule is CSCOC1C[C@H](n2cnc3c(OC(=O)N(c4ccccc4)c4ccccc4)nc(NC(=O)C(C)C)nc32)CC[C@@H]1CO[Si](C)(C)C(C)(C)C. The van der Waals surface area contributed by atoms with E-state index in [0.29, 0.717) is 35.1 Å². The molecule has 2 aromatic heterocycles. The molecule has 11 nitrogen and oxygen atoms in total. The van der Waals surface area contributed by atoms with Crippen LogP contribution in [0.4, 0.5) is 22.1 Å². The monoisotopic (exact) mass is 718 g/mol. The molecular weight excluding hydrogens is 669 g/mol. The molecule has 1 aliphatic carbocycles. The van der Waals surface area contributed by atoms with E-state index in [2.05, 4.69) is 49.1 Å². The Labute approximate surface area is 300 Å². The Morgan fingerprint density at radius 3 is 2.24 bits per heavy atom. The van der Waals surface area contributed by atoms with Crippen LogP contribution in [0.25, 0.3) is 11.2 Å². The van der Waals surface area contributed by atoms with Crippen LogP contribution in [0.15, 0.2) is 67.0 Å². The quantitative estimate of drug-likeness (QED) is 0.113. The van der Waals surface area contributed by atoms with E-state index in [4.69, 9.17) is 18.9 Å². The summed E-state index contributed by atoms with van der Waals surface area (Å²) in [5.74, 6) is 0.285. The van der Waals surface area contributed by atoms with Crippen LogP contribution < -0.4 is 15.0 Å². The number of benzene rings is 2. The van der Waals surface area contributed by atoms with Crippen molar-refractivity contribution in [2.75, 3.05) is 29.0 Å². The number of imidazole rings is 1. The maximum Gasteiger partial charge on any atom is 0.425 e. The van der Waals surface area contributed by atoms with Crippen molar-refractivity contribution in [3.05, 3.63) is 67.0 Å². The summed E-state index contributed by atoms with van der Waals surface area (Å²) < 4.78 is 21.1. The maximum absolute atomic E-state index is 14.0. The number of anilines is 3. The van der Waals surface area contributed by atoms with E-state index in [1.54, 1.807) is 31.9 Å². The van der Waals surface area contributed by atoms with Gasteiger partial charge >= 0.3 is 6.09 Å². The molecule has 268 valence electrons. The smallest absolute Gasteiger partial charge is 0.416 e. The minimum Gasteiger partial charge on any atom is -0.416 e. The standard InChI is InChI=1S/C37H50N6O5SSi/c1-25(2)33(44)40-35-39-32-31(34(41-35)48-36(45)43(27-15-11-9-12-16-27)28-17-13-10-14-18-28)38-23-42(32)29-20-19-26(30(21-29)46-24-49-6)22-47-50(7,8)37(3,4)5/h9-18,23,25-26,29-30H,19-22,24H2,1-8H3,(H,39,40,41,44)/t26-,29-,30?/m1/s1. The summed E-state index contributed by atoms with van der Waals surface area (Å²) in [5.41, 5.74) is 2.04. The molecule has 50 heavy (non-hydrogen) atoms. The van der Waals surface area contributed by atoms with Crippen LogP contribution in [0.3, 0.4) is 0 Å². The Balaban J connectivity index is 1.47. The lowest BCUT2D eigenvalue weighted by Gasteiger charge is -2.41. The molecule has 1 unspecified atom stereocenters. The zero-order valence-electron chi connectivity index (χ0n) is 30.4. The Bertz CT molecular complexity index is 1710. The van der Waals surface area contributed by atoms with E-state index in [-0.39, 0.29) is 46.8 Å². The van der Waals surface area contributed by atoms with E-state index < -0.39 is 14.4 Å². The molecule has 4 aromatic rings. The minimum absolute atomic E-state index is 0.00761. The molecule has 0 spiro atoms. The fraction of sp³-hybridized carbons (Fsp3) is 0.486. The first-order valence-corrected chi connectivity index (χ1v) is 21.5. The van der Waals surface area contributed by atoms with Crippen LogP contribution in [-0.4, -0.2) is 64.7 Å². The maximum atomic E-state index is 14.0. The number of carbonyl (C=O) groups excluding carboxylic acids is 2. The summed E-state index contributed by atoms with van der Waals surface area (Å²) in [6, 6.07) is 18.5. The average molecular weight is 719 g/mol. The molecule has 1 N–H and O–H groups in total. The number of fused-ring (bicyclic) bond motifs is 1. The van der Waals surface area contributed by atoms with Crippen molar-refractivity contribution in [3.63, 3.8) is 0 Å². The average Bonchev–Trinajstić information content (AvgIpc) is 3.51. The number of nitrogens with zero attached hydrogens (tertiary/aromatic N) is 5. The lowest BCUT2D eigenvalue weighted by molar-refractivity contribution is -0.118. The highest BCUT2D eigenvalue weighted by molar-refractivity contribution is 7.98. The van der Waals surface area contributed by atoms with Gasteiger partial charge in [0.15, 0.2) is 19.5 Å². The summed E-state index contributed by atoms with van der Waals surface area (Å²) in [5, 5.41) is 2.92.